The molecule has 0 saturated heterocycles. The minimum absolute atomic E-state index is 0.328. The van der Waals surface area contributed by atoms with Crippen LogP contribution in [0.3, 0.4) is 0 Å². The topological polar surface area (TPSA) is 73.8 Å². The molecule has 1 heterocycles. The molecule has 1 aromatic heterocycles. The first kappa shape index (κ1) is 7.93. The molecule has 0 unspecified atom stereocenters. The number of fused-ring (bicyclic) bond motifs is 1. The zero-order chi connectivity index (χ0) is 9.42. The van der Waals surface area contributed by atoms with Crippen LogP contribution >= 0.6 is 11.6 Å². The van der Waals surface area contributed by atoms with E-state index < -0.39 is 5.03 Å². The van der Waals surface area contributed by atoms with Crippen LogP contribution in [0.4, 0.5) is 0 Å². The highest BCUT2D eigenvalue weighted by Gasteiger charge is 2.12. The van der Waals surface area contributed by atoms with Crippen molar-refractivity contribution in [2.45, 2.75) is 0 Å². The van der Waals surface area contributed by atoms with E-state index in [1.54, 1.807) is 6.07 Å². The van der Waals surface area contributed by atoms with Crippen molar-refractivity contribution < 1.29 is 5.03 Å². The highest BCUT2D eigenvalue weighted by molar-refractivity contribution is 6.31. The van der Waals surface area contributed by atoms with Gasteiger partial charge in [-0.2, -0.15) is 0 Å². The molecule has 2 rings (SSSR count). The lowest BCUT2D eigenvalue weighted by molar-refractivity contribution is -0.549. The fraction of sp³-hybridized carbons (Fsp3) is 0. The molecule has 0 atom stereocenters. The van der Waals surface area contributed by atoms with E-state index >= 15 is 0 Å². The summed E-state index contributed by atoms with van der Waals surface area (Å²) in [5.41, 5.74) is 0.735. The SMILES string of the molecule is O=[N+]([O-])n1nnc2cc(Cl)ccc21. The van der Waals surface area contributed by atoms with Gasteiger partial charge in [-0.1, -0.05) is 11.6 Å². The number of benzene rings is 1. The molecule has 0 aliphatic rings. The Hall–Kier alpha value is -1.69. The van der Waals surface area contributed by atoms with Crippen molar-refractivity contribution >= 4 is 22.6 Å². The molecule has 13 heavy (non-hydrogen) atoms. The first-order valence-electron chi connectivity index (χ1n) is 3.34. The van der Waals surface area contributed by atoms with Gasteiger partial charge in [0, 0.05) is 5.02 Å². The van der Waals surface area contributed by atoms with E-state index in [2.05, 4.69) is 10.3 Å². The van der Waals surface area contributed by atoms with Gasteiger partial charge in [-0.3, -0.25) is 0 Å². The molecule has 0 fully saturated rings. The molecule has 0 saturated carbocycles. The van der Waals surface area contributed by atoms with Crippen LogP contribution in [0.1, 0.15) is 0 Å². The summed E-state index contributed by atoms with van der Waals surface area (Å²) < 4.78 is 0. The molecule has 0 aliphatic carbocycles. The van der Waals surface area contributed by atoms with Gasteiger partial charge in [-0.15, -0.1) is 0 Å². The predicted molar refractivity (Wildman–Crippen MR) is 44.9 cm³/mol. The van der Waals surface area contributed by atoms with Crippen LogP contribution in [0, 0.1) is 10.1 Å². The summed E-state index contributed by atoms with van der Waals surface area (Å²) in [6.07, 6.45) is 0. The van der Waals surface area contributed by atoms with Crippen molar-refractivity contribution in [3.63, 3.8) is 0 Å². The Labute approximate surface area is 76.8 Å². The summed E-state index contributed by atoms with van der Waals surface area (Å²) in [5, 5.41) is 17.2. The molecule has 6 nitrogen and oxygen atoms in total. The maximum Gasteiger partial charge on any atom is 0.183 e. The Morgan fingerprint density at radius 3 is 3.00 bits per heavy atom. The molecule has 0 bridgehead atoms. The minimum Gasteiger partial charge on any atom is -0.339 e. The van der Waals surface area contributed by atoms with Crippen LogP contribution in [0.5, 0.6) is 0 Å². The van der Waals surface area contributed by atoms with E-state index in [4.69, 9.17) is 11.6 Å². The molecule has 2 aromatic rings. The molecule has 0 radical (unpaired) electrons. The summed E-state index contributed by atoms with van der Waals surface area (Å²) >= 11 is 5.66. The van der Waals surface area contributed by atoms with Crippen LogP contribution in [0.2, 0.25) is 5.02 Å². The van der Waals surface area contributed by atoms with Crippen LogP contribution in [-0.2, 0) is 0 Å². The van der Waals surface area contributed by atoms with Gasteiger partial charge in [-0.05, 0) is 23.3 Å². The summed E-state index contributed by atoms with van der Waals surface area (Å²) in [7, 11) is 0. The van der Waals surface area contributed by atoms with Crippen molar-refractivity contribution in [2.75, 3.05) is 0 Å². The lowest BCUT2D eigenvalue weighted by Crippen LogP contribution is -2.09. The fourth-order valence-corrected chi connectivity index (χ4v) is 1.17. The third kappa shape index (κ3) is 1.20. The third-order valence-corrected chi connectivity index (χ3v) is 1.78. The first-order valence-corrected chi connectivity index (χ1v) is 3.72. The van der Waals surface area contributed by atoms with Crippen molar-refractivity contribution in [1.82, 2.24) is 15.1 Å². The lowest BCUT2D eigenvalue weighted by atomic mass is 10.3. The monoisotopic (exact) mass is 198 g/mol. The van der Waals surface area contributed by atoms with Gasteiger partial charge < -0.3 is 10.1 Å². The standard InChI is InChI=1S/C6H3ClN4O2/c7-4-1-2-6-5(3-4)8-9-10(6)11(12)13/h1-3H. The summed E-state index contributed by atoms with van der Waals surface area (Å²) in [4.78, 5) is 11.0. The molecule has 0 aliphatic heterocycles. The average Bonchev–Trinajstić information content (AvgIpc) is 2.46. The zero-order valence-corrected chi connectivity index (χ0v) is 6.97. The Kier molecular flexibility index (Phi) is 1.63. The van der Waals surface area contributed by atoms with E-state index in [0.29, 0.717) is 20.8 Å². The average molecular weight is 199 g/mol. The smallest absolute Gasteiger partial charge is 0.183 e. The quantitative estimate of drug-likeness (QED) is 0.509. The number of nitrogens with zero attached hydrogens (tertiary/aromatic N) is 4. The van der Waals surface area contributed by atoms with E-state index in [1.165, 1.54) is 12.1 Å². The Bertz CT molecular complexity index is 480. The van der Waals surface area contributed by atoms with Crippen molar-refractivity contribution in [3.05, 3.63) is 33.3 Å². The Morgan fingerprint density at radius 2 is 2.31 bits per heavy atom. The van der Waals surface area contributed by atoms with E-state index in [1.807, 2.05) is 0 Å². The van der Waals surface area contributed by atoms with Gasteiger partial charge in [0.15, 0.2) is 10.7 Å². The molecule has 0 N–H and O–H groups in total. The number of nitro groups is 1. The molecule has 0 spiro atoms. The predicted octanol–water partition coefficient (Wildman–Crippen LogP) is 1.12. The minimum atomic E-state index is -0.650. The Morgan fingerprint density at radius 1 is 1.54 bits per heavy atom. The highest BCUT2D eigenvalue weighted by Crippen LogP contribution is 2.16. The number of aromatic nitrogens is 3. The van der Waals surface area contributed by atoms with Crippen LogP contribution in [-0.4, -0.2) is 20.1 Å². The van der Waals surface area contributed by atoms with Gasteiger partial charge >= 0.3 is 0 Å². The second-order valence-electron chi connectivity index (χ2n) is 2.35. The highest BCUT2D eigenvalue weighted by atomic mass is 35.5. The van der Waals surface area contributed by atoms with Crippen LogP contribution < -0.4 is 0 Å². The van der Waals surface area contributed by atoms with Crippen molar-refractivity contribution in [3.8, 4) is 0 Å². The number of halogens is 1. The summed E-state index contributed by atoms with van der Waals surface area (Å²) in [6, 6.07) is 4.57. The Balaban J connectivity index is 2.76. The number of hydrogen-bond acceptors (Lipinski definition) is 4. The molecular weight excluding hydrogens is 196 g/mol. The van der Waals surface area contributed by atoms with E-state index in [0.717, 1.165) is 0 Å². The fourth-order valence-electron chi connectivity index (χ4n) is 1.01. The number of hydrogen-bond donors (Lipinski definition) is 0. The van der Waals surface area contributed by atoms with Gasteiger partial charge in [0.1, 0.15) is 5.52 Å². The van der Waals surface area contributed by atoms with Crippen LogP contribution in [0.15, 0.2) is 18.2 Å². The molecule has 1 aromatic carbocycles. The lowest BCUT2D eigenvalue weighted by Gasteiger charge is -1.91. The first-order chi connectivity index (χ1) is 6.18. The maximum atomic E-state index is 10.4. The second-order valence-corrected chi connectivity index (χ2v) is 2.79. The van der Waals surface area contributed by atoms with Crippen molar-refractivity contribution in [1.29, 1.82) is 0 Å². The number of rotatable bonds is 1. The summed E-state index contributed by atoms with van der Waals surface area (Å²) in [5.74, 6) is 0. The largest absolute Gasteiger partial charge is 0.339 e. The van der Waals surface area contributed by atoms with Gasteiger partial charge in [0.05, 0.1) is 9.82 Å². The van der Waals surface area contributed by atoms with Crippen molar-refractivity contribution in [2.24, 2.45) is 0 Å². The molecule has 0 amide bonds. The molecular formula is C6H3ClN4O2. The normalized spacial score (nSPS) is 10.5. The van der Waals surface area contributed by atoms with Gasteiger partial charge in [0.25, 0.3) is 0 Å². The van der Waals surface area contributed by atoms with E-state index in [-0.39, 0.29) is 0 Å². The molecule has 66 valence electrons. The summed E-state index contributed by atoms with van der Waals surface area (Å²) in [6.45, 7) is 0. The molecule has 7 heteroatoms. The van der Waals surface area contributed by atoms with E-state index in [9.17, 15) is 10.1 Å². The third-order valence-electron chi connectivity index (χ3n) is 1.54. The van der Waals surface area contributed by atoms with Gasteiger partial charge in [-0.25, -0.2) is 0 Å². The maximum absolute atomic E-state index is 10.4. The van der Waals surface area contributed by atoms with Gasteiger partial charge in [0.2, 0.25) is 0 Å². The second kappa shape index (κ2) is 2.67. The zero-order valence-electron chi connectivity index (χ0n) is 6.22. The van der Waals surface area contributed by atoms with Crippen LogP contribution in [0.25, 0.3) is 11.0 Å².